The Labute approximate surface area is 184 Å². The zero-order valence-electron chi connectivity index (χ0n) is 20.1. The minimum atomic E-state index is -1.94. The van der Waals surface area contributed by atoms with Gasteiger partial charge in [0, 0.05) is 25.4 Å². The average molecular weight is 439 g/mol. The van der Waals surface area contributed by atoms with Crippen molar-refractivity contribution in [2.45, 2.75) is 90.4 Å². The molecule has 0 amide bonds. The maximum atomic E-state index is 10.6. The Hall–Kier alpha value is -0.763. The summed E-state index contributed by atoms with van der Waals surface area (Å²) in [7, 11) is -0.267. The van der Waals surface area contributed by atoms with Crippen molar-refractivity contribution in [2.24, 2.45) is 11.8 Å². The molecule has 30 heavy (non-hydrogen) atoms. The third-order valence-corrected chi connectivity index (χ3v) is 11.2. The van der Waals surface area contributed by atoms with Crippen molar-refractivity contribution in [2.75, 3.05) is 13.7 Å². The smallest absolute Gasteiger partial charge is 0.192 e. The summed E-state index contributed by atoms with van der Waals surface area (Å²) in [5, 5.41) is 10.7. The first-order valence-electron chi connectivity index (χ1n) is 11.1. The summed E-state index contributed by atoms with van der Waals surface area (Å²) in [4.78, 5) is 0. The SMILES string of the molecule is COC1O[C@H](C[C@@H](O)COCc2ccccc2)[C@@H](C)[C@@H](O[Si](C)(C)C(C)(C)C)[C@@H]1C. The maximum Gasteiger partial charge on any atom is 0.192 e. The molecule has 1 heterocycles. The van der Waals surface area contributed by atoms with E-state index >= 15 is 0 Å². The predicted molar refractivity (Wildman–Crippen MR) is 123 cm³/mol. The van der Waals surface area contributed by atoms with E-state index in [0.717, 1.165) is 5.56 Å². The van der Waals surface area contributed by atoms with E-state index in [1.165, 1.54) is 0 Å². The van der Waals surface area contributed by atoms with Crippen LogP contribution in [0, 0.1) is 11.8 Å². The minimum absolute atomic E-state index is 0.0343. The van der Waals surface area contributed by atoms with Crippen LogP contribution < -0.4 is 0 Å². The van der Waals surface area contributed by atoms with Crippen molar-refractivity contribution in [3.05, 3.63) is 35.9 Å². The van der Waals surface area contributed by atoms with E-state index in [1.807, 2.05) is 30.3 Å². The third kappa shape index (κ3) is 6.62. The molecule has 1 fully saturated rings. The quantitative estimate of drug-likeness (QED) is 0.551. The molecular weight excluding hydrogens is 396 g/mol. The Balaban J connectivity index is 1.98. The Bertz CT molecular complexity index is 630. The van der Waals surface area contributed by atoms with Crippen LogP contribution in [-0.2, 0) is 25.2 Å². The maximum absolute atomic E-state index is 10.6. The molecule has 0 spiro atoms. The van der Waals surface area contributed by atoms with Crippen molar-refractivity contribution < 1.29 is 23.7 Å². The normalized spacial score (nSPS) is 29.0. The number of hydrogen-bond donors (Lipinski definition) is 1. The van der Waals surface area contributed by atoms with Crippen molar-refractivity contribution >= 4 is 8.32 Å². The van der Waals surface area contributed by atoms with Gasteiger partial charge in [-0.3, -0.25) is 0 Å². The molecule has 1 aromatic carbocycles. The molecule has 0 bridgehead atoms. The fraction of sp³-hybridized carbons (Fsp3) is 0.750. The zero-order valence-corrected chi connectivity index (χ0v) is 21.1. The summed E-state index contributed by atoms with van der Waals surface area (Å²) in [6.07, 6.45) is -0.540. The number of aliphatic hydroxyl groups excluding tert-OH is 1. The van der Waals surface area contributed by atoms with Gasteiger partial charge in [-0.05, 0) is 23.7 Å². The molecule has 1 aliphatic heterocycles. The van der Waals surface area contributed by atoms with Gasteiger partial charge in [0.25, 0.3) is 0 Å². The van der Waals surface area contributed by atoms with Crippen molar-refractivity contribution in [1.82, 2.24) is 0 Å². The van der Waals surface area contributed by atoms with Gasteiger partial charge in [0.2, 0.25) is 0 Å². The molecule has 5 nitrogen and oxygen atoms in total. The van der Waals surface area contributed by atoms with Crippen LogP contribution in [0.3, 0.4) is 0 Å². The monoisotopic (exact) mass is 438 g/mol. The molecule has 172 valence electrons. The zero-order chi connectivity index (χ0) is 22.5. The Morgan fingerprint density at radius 2 is 1.73 bits per heavy atom. The molecule has 0 radical (unpaired) electrons. The van der Waals surface area contributed by atoms with Crippen molar-refractivity contribution in [1.29, 1.82) is 0 Å². The number of methoxy groups -OCH3 is 1. The summed E-state index contributed by atoms with van der Waals surface area (Å²) >= 11 is 0. The molecule has 1 N–H and O–H groups in total. The average Bonchev–Trinajstić information content (AvgIpc) is 2.67. The number of rotatable bonds is 9. The van der Waals surface area contributed by atoms with Crippen LogP contribution in [0.1, 0.15) is 46.6 Å². The highest BCUT2D eigenvalue weighted by Gasteiger charge is 2.47. The fourth-order valence-corrected chi connectivity index (χ4v) is 5.22. The van der Waals surface area contributed by atoms with Crippen LogP contribution in [0.25, 0.3) is 0 Å². The van der Waals surface area contributed by atoms with Crippen molar-refractivity contribution in [3.63, 3.8) is 0 Å². The van der Waals surface area contributed by atoms with Gasteiger partial charge in [0.15, 0.2) is 14.6 Å². The first-order valence-corrected chi connectivity index (χ1v) is 14.0. The highest BCUT2D eigenvalue weighted by Crippen LogP contribution is 2.42. The molecule has 2 rings (SSSR count). The second-order valence-corrected chi connectivity index (χ2v) is 15.0. The van der Waals surface area contributed by atoms with Crippen LogP contribution >= 0.6 is 0 Å². The van der Waals surface area contributed by atoms with E-state index < -0.39 is 14.4 Å². The molecule has 6 atom stereocenters. The summed E-state index contributed by atoms with van der Waals surface area (Å²) in [5.74, 6) is 0.283. The minimum Gasteiger partial charge on any atom is -0.413 e. The van der Waals surface area contributed by atoms with E-state index in [2.05, 4.69) is 47.7 Å². The van der Waals surface area contributed by atoms with Gasteiger partial charge in [0.1, 0.15) is 0 Å². The molecule has 0 aromatic heterocycles. The van der Waals surface area contributed by atoms with Crippen LogP contribution in [0.2, 0.25) is 18.1 Å². The third-order valence-electron chi connectivity index (χ3n) is 6.76. The van der Waals surface area contributed by atoms with Gasteiger partial charge in [-0.1, -0.05) is 65.0 Å². The van der Waals surface area contributed by atoms with Crippen LogP contribution in [-0.4, -0.2) is 51.7 Å². The number of aliphatic hydroxyl groups is 1. The molecule has 0 aliphatic carbocycles. The lowest BCUT2D eigenvalue weighted by atomic mass is 9.84. The summed E-state index contributed by atoms with van der Waals surface area (Å²) in [6, 6.07) is 10.00. The summed E-state index contributed by atoms with van der Waals surface area (Å²) in [5.41, 5.74) is 1.10. The van der Waals surface area contributed by atoms with Gasteiger partial charge in [-0.15, -0.1) is 0 Å². The van der Waals surface area contributed by atoms with Gasteiger partial charge < -0.3 is 23.7 Å². The summed E-state index contributed by atoms with van der Waals surface area (Å²) in [6.45, 7) is 16.4. The number of benzene rings is 1. The topological polar surface area (TPSA) is 57.2 Å². The Kier molecular flexibility index (Phi) is 9.10. The second-order valence-electron chi connectivity index (χ2n) is 10.2. The highest BCUT2D eigenvalue weighted by atomic mass is 28.4. The molecule has 1 aliphatic rings. The molecule has 1 unspecified atom stereocenters. The summed E-state index contributed by atoms with van der Waals surface area (Å²) < 4.78 is 24.4. The molecule has 1 saturated heterocycles. The van der Waals surface area contributed by atoms with Gasteiger partial charge >= 0.3 is 0 Å². The van der Waals surface area contributed by atoms with Gasteiger partial charge in [0.05, 0.1) is 31.5 Å². The second kappa shape index (κ2) is 10.7. The highest BCUT2D eigenvalue weighted by molar-refractivity contribution is 6.74. The van der Waals surface area contributed by atoms with E-state index in [9.17, 15) is 5.11 Å². The Morgan fingerprint density at radius 3 is 2.30 bits per heavy atom. The number of hydrogen-bond acceptors (Lipinski definition) is 5. The largest absolute Gasteiger partial charge is 0.413 e. The first-order chi connectivity index (χ1) is 14.0. The molecule has 6 heteroatoms. The van der Waals surface area contributed by atoms with E-state index in [1.54, 1.807) is 7.11 Å². The van der Waals surface area contributed by atoms with Gasteiger partial charge in [-0.25, -0.2) is 0 Å². The fourth-order valence-electron chi connectivity index (χ4n) is 3.76. The Morgan fingerprint density at radius 1 is 1.10 bits per heavy atom. The molecule has 0 saturated carbocycles. The van der Waals surface area contributed by atoms with Crippen LogP contribution in [0.5, 0.6) is 0 Å². The van der Waals surface area contributed by atoms with E-state index in [-0.39, 0.29) is 42.0 Å². The van der Waals surface area contributed by atoms with Crippen molar-refractivity contribution in [3.8, 4) is 0 Å². The lowest BCUT2D eigenvalue weighted by molar-refractivity contribution is -0.255. The first kappa shape index (κ1) is 25.5. The number of ether oxygens (including phenoxy) is 3. The lowest BCUT2D eigenvalue weighted by Gasteiger charge is -2.49. The standard InChI is InChI=1S/C24H42O5Si/c1-17-21(14-20(25)16-27-15-19-12-10-9-11-13-19)28-23(26-6)18(2)22(17)29-30(7,8)24(3,4)5/h9-13,17-18,20-23,25H,14-16H2,1-8H3/t17-,18+,20-,21-,22-,23?/m1/s1. The predicted octanol–water partition coefficient (Wildman–Crippen LogP) is 4.99. The van der Waals surface area contributed by atoms with Crippen LogP contribution in [0.4, 0.5) is 0 Å². The van der Waals surface area contributed by atoms with E-state index in [4.69, 9.17) is 18.6 Å². The lowest BCUT2D eigenvalue weighted by Crippen LogP contribution is -2.56. The molecular formula is C24H42O5Si. The molecule has 1 aromatic rings. The van der Waals surface area contributed by atoms with Gasteiger partial charge in [-0.2, -0.15) is 0 Å². The van der Waals surface area contributed by atoms with Crippen LogP contribution in [0.15, 0.2) is 30.3 Å². The van der Waals surface area contributed by atoms with E-state index in [0.29, 0.717) is 13.0 Å².